The van der Waals surface area contributed by atoms with Crippen molar-refractivity contribution in [2.75, 3.05) is 13.7 Å². The second kappa shape index (κ2) is 10.2. The van der Waals surface area contributed by atoms with Crippen molar-refractivity contribution >= 4 is 11.2 Å². The molecule has 11 nitrogen and oxygen atoms in total. The van der Waals surface area contributed by atoms with E-state index in [0.29, 0.717) is 30.0 Å². The fourth-order valence-corrected chi connectivity index (χ4v) is 4.54. The third-order valence-electron chi connectivity index (χ3n) is 6.29. The summed E-state index contributed by atoms with van der Waals surface area (Å²) in [5.41, 5.74) is 3.61. The van der Waals surface area contributed by atoms with Gasteiger partial charge in [-0.3, -0.25) is 14.3 Å². The molecular formula is C27H30N8O3. The van der Waals surface area contributed by atoms with E-state index in [0.717, 1.165) is 28.1 Å². The van der Waals surface area contributed by atoms with Gasteiger partial charge in [0.1, 0.15) is 5.82 Å². The number of rotatable bonds is 8. The van der Waals surface area contributed by atoms with Crippen molar-refractivity contribution in [3.8, 4) is 22.5 Å². The van der Waals surface area contributed by atoms with E-state index in [4.69, 9.17) is 4.74 Å². The number of hydrogen-bond donors (Lipinski definition) is 2. The summed E-state index contributed by atoms with van der Waals surface area (Å²) >= 11 is 0. The number of tetrazole rings is 1. The molecule has 0 aliphatic heterocycles. The van der Waals surface area contributed by atoms with Crippen molar-refractivity contribution in [3.05, 3.63) is 80.8 Å². The van der Waals surface area contributed by atoms with Gasteiger partial charge in [0.2, 0.25) is 5.82 Å². The lowest BCUT2D eigenvalue weighted by Gasteiger charge is -2.19. The number of nitrogens with zero attached hydrogens (tertiary/aromatic N) is 6. The molecule has 0 atom stereocenters. The smallest absolute Gasteiger partial charge is 0.330 e. The van der Waals surface area contributed by atoms with Crippen molar-refractivity contribution in [3.63, 3.8) is 0 Å². The van der Waals surface area contributed by atoms with Crippen molar-refractivity contribution in [2.45, 2.75) is 40.3 Å². The molecule has 5 aromatic rings. The third kappa shape index (κ3) is 5.05. The molecule has 0 fully saturated rings. The van der Waals surface area contributed by atoms with E-state index >= 15 is 0 Å². The Labute approximate surface area is 218 Å². The molecule has 11 heteroatoms. The van der Waals surface area contributed by atoms with E-state index in [1.165, 1.54) is 11.7 Å². The van der Waals surface area contributed by atoms with Crippen molar-refractivity contribution in [1.82, 2.24) is 39.7 Å². The van der Waals surface area contributed by atoms with Crippen molar-refractivity contribution in [1.29, 1.82) is 0 Å². The molecular weight excluding hydrogens is 484 g/mol. The molecule has 38 heavy (non-hydrogen) atoms. The minimum atomic E-state index is -0.490. The van der Waals surface area contributed by atoms with Crippen LogP contribution in [0.15, 0.2) is 58.1 Å². The van der Waals surface area contributed by atoms with E-state index in [-0.39, 0.29) is 24.1 Å². The average molecular weight is 515 g/mol. The van der Waals surface area contributed by atoms with Crippen LogP contribution in [0.3, 0.4) is 0 Å². The van der Waals surface area contributed by atoms with Gasteiger partial charge in [0.15, 0.2) is 11.2 Å². The Bertz CT molecular complexity index is 1670. The number of methoxy groups -OCH3 is 1. The van der Waals surface area contributed by atoms with E-state index in [1.54, 1.807) is 0 Å². The summed E-state index contributed by atoms with van der Waals surface area (Å²) in [4.78, 5) is 33.5. The summed E-state index contributed by atoms with van der Waals surface area (Å²) in [6.07, 6.45) is 0.636. The van der Waals surface area contributed by atoms with Crippen LogP contribution in [0.25, 0.3) is 33.7 Å². The lowest BCUT2D eigenvalue weighted by molar-refractivity contribution is 0.185. The second-order valence-corrected chi connectivity index (χ2v) is 10.4. The Morgan fingerprint density at radius 2 is 1.71 bits per heavy atom. The van der Waals surface area contributed by atoms with Crippen LogP contribution in [0.2, 0.25) is 0 Å². The Morgan fingerprint density at radius 3 is 2.37 bits per heavy atom. The molecule has 2 aromatic carbocycles. The van der Waals surface area contributed by atoms with Gasteiger partial charge in [-0.25, -0.2) is 9.78 Å². The molecule has 3 heterocycles. The molecule has 3 aromatic heterocycles. The standard InChI is InChI=1S/C27H30N8O3/c1-27(2,3)15-21-28-24-22(25(36)34(13-14-38-4)26(37)29-24)35(21)16-17-9-11-18(12-10-17)19-7-5-6-8-20(19)23-30-32-33-31-23/h5-12H,13-16H2,1-4H3,(H,29,37)(H,30,31,32,33). The molecule has 0 saturated heterocycles. The molecule has 0 amide bonds. The zero-order valence-corrected chi connectivity index (χ0v) is 21.9. The number of nitrogens with one attached hydrogen (secondary N) is 2. The predicted molar refractivity (Wildman–Crippen MR) is 144 cm³/mol. The van der Waals surface area contributed by atoms with Gasteiger partial charge in [0.25, 0.3) is 5.56 Å². The van der Waals surface area contributed by atoms with Crippen LogP contribution < -0.4 is 11.2 Å². The first kappa shape index (κ1) is 25.3. The van der Waals surface area contributed by atoms with Gasteiger partial charge < -0.3 is 9.30 Å². The maximum atomic E-state index is 13.4. The normalized spacial score (nSPS) is 11.9. The van der Waals surface area contributed by atoms with Gasteiger partial charge in [-0.2, -0.15) is 5.21 Å². The lowest BCUT2D eigenvalue weighted by Crippen LogP contribution is -2.37. The minimum Gasteiger partial charge on any atom is -0.383 e. The molecule has 0 aliphatic carbocycles. The van der Waals surface area contributed by atoms with E-state index in [2.05, 4.69) is 51.4 Å². The zero-order valence-electron chi connectivity index (χ0n) is 21.9. The summed E-state index contributed by atoms with van der Waals surface area (Å²) < 4.78 is 8.19. The Hall–Kier alpha value is -4.38. The quantitative estimate of drug-likeness (QED) is 0.325. The lowest BCUT2D eigenvalue weighted by atomic mass is 9.92. The molecule has 0 unspecified atom stereocenters. The van der Waals surface area contributed by atoms with Crippen LogP contribution in [0, 0.1) is 5.41 Å². The summed E-state index contributed by atoms with van der Waals surface area (Å²) in [5.74, 6) is 1.27. The molecule has 0 spiro atoms. The van der Waals surface area contributed by atoms with Gasteiger partial charge in [0.05, 0.1) is 13.2 Å². The number of aromatic nitrogens is 8. The molecule has 0 radical (unpaired) electrons. The SMILES string of the molecule is COCCn1c(=O)[nH]c2nc(CC(C)(C)C)n(Cc3ccc(-c4ccccc4-c4nn[nH]n4)cc3)c2c1=O. The average Bonchev–Trinajstić information content (AvgIpc) is 3.52. The maximum absolute atomic E-state index is 13.4. The number of ether oxygens (including phenoxy) is 1. The zero-order chi connectivity index (χ0) is 26.9. The topological polar surface area (TPSA) is 136 Å². The van der Waals surface area contributed by atoms with Crippen molar-refractivity contribution < 1.29 is 4.74 Å². The van der Waals surface area contributed by atoms with Gasteiger partial charge in [-0.15, -0.1) is 10.2 Å². The first-order valence-corrected chi connectivity index (χ1v) is 12.4. The third-order valence-corrected chi connectivity index (χ3v) is 6.29. The Balaban J connectivity index is 1.56. The van der Waals surface area contributed by atoms with Crippen LogP contribution >= 0.6 is 0 Å². The van der Waals surface area contributed by atoms with Crippen LogP contribution in [0.4, 0.5) is 0 Å². The number of imidazole rings is 1. The highest BCUT2D eigenvalue weighted by atomic mass is 16.5. The molecule has 0 aliphatic rings. The monoisotopic (exact) mass is 514 g/mol. The van der Waals surface area contributed by atoms with Crippen molar-refractivity contribution in [2.24, 2.45) is 5.41 Å². The number of fused-ring (bicyclic) bond motifs is 1. The Kier molecular flexibility index (Phi) is 6.77. The van der Waals surface area contributed by atoms with E-state index in [1.807, 2.05) is 53.1 Å². The van der Waals surface area contributed by atoms with E-state index < -0.39 is 5.69 Å². The minimum absolute atomic E-state index is 0.0722. The molecule has 5 rings (SSSR count). The summed E-state index contributed by atoms with van der Waals surface area (Å²) in [7, 11) is 1.54. The predicted octanol–water partition coefficient (Wildman–Crippen LogP) is 3.02. The molecule has 0 bridgehead atoms. The molecule has 196 valence electrons. The number of benzene rings is 2. The highest BCUT2D eigenvalue weighted by Crippen LogP contribution is 2.30. The molecule has 2 N–H and O–H groups in total. The Morgan fingerprint density at radius 1 is 0.974 bits per heavy atom. The summed E-state index contributed by atoms with van der Waals surface area (Å²) in [5, 5.41) is 14.4. The van der Waals surface area contributed by atoms with Crippen LogP contribution in [-0.4, -0.2) is 53.4 Å². The fourth-order valence-electron chi connectivity index (χ4n) is 4.54. The fraction of sp³-hybridized carbons (Fsp3) is 0.333. The highest BCUT2D eigenvalue weighted by Gasteiger charge is 2.22. The number of hydrogen-bond acceptors (Lipinski definition) is 7. The largest absolute Gasteiger partial charge is 0.383 e. The first-order valence-electron chi connectivity index (χ1n) is 12.4. The van der Waals surface area contributed by atoms with Gasteiger partial charge in [-0.05, 0) is 27.3 Å². The number of H-pyrrole nitrogens is 2. The number of aromatic amines is 2. The van der Waals surface area contributed by atoms with Crippen LogP contribution in [0.1, 0.15) is 32.2 Å². The van der Waals surface area contributed by atoms with Crippen LogP contribution in [0.5, 0.6) is 0 Å². The van der Waals surface area contributed by atoms with Gasteiger partial charge in [0, 0.05) is 25.6 Å². The second-order valence-electron chi connectivity index (χ2n) is 10.4. The highest BCUT2D eigenvalue weighted by molar-refractivity contribution is 5.80. The first-order chi connectivity index (χ1) is 18.2. The van der Waals surface area contributed by atoms with E-state index in [9.17, 15) is 9.59 Å². The summed E-state index contributed by atoms with van der Waals surface area (Å²) in [6, 6.07) is 16.0. The molecule has 0 saturated carbocycles. The summed E-state index contributed by atoms with van der Waals surface area (Å²) in [6.45, 7) is 7.20. The van der Waals surface area contributed by atoms with Crippen LogP contribution in [-0.2, 0) is 24.2 Å². The van der Waals surface area contributed by atoms with Gasteiger partial charge >= 0.3 is 5.69 Å². The van der Waals surface area contributed by atoms with Gasteiger partial charge in [-0.1, -0.05) is 69.3 Å². The maximum Gasteiger partial charge on any atom is 0.330 e.